The van der Waals surface area contributed by atoms with Crippen molar-refractivity contribution in [1.82, 2.24) is 69.8 Å². The number of carbonyl (C=O) groups excluding carboxylic acids is 5. The van der Waals surface area contributed by atoms with E-state index in [2.05, 4.69) is 132 Å². The molecule has 0 N–H and O–H groups in total. The molecule has 2 saturated carbocycles. The molecular formula is C96H111ClIN15O10. The summed E-state index contributed by atoms with van der Waals surface area (Å²) in [7, 11) is 8.18. The Labute approximate surface area is 747 Å². The fourth-order valence-corrected chi connectivity index (χ4v) is 23.2. The molecule has 2 fully saturated rings. The van der Waals surface area contributed by atoms with E-state index >= 15 is 0 Å². The molecule has 0 unspecified atom stereocenters. The molecule has 0 aliphatic heterocycles. The van der Waals surface area contributed by atoms with Crippen LogP contribution in [0.15, 0.2) is 132 Å². The number of hydrogen-bond acceptors (Lipinski definition) is 24. The van der Waals surface area contributed by atoms with Crippen molar-refractivity contribution in [3.63, 3.8) is 0 Å². The van der Waals surface area contributed by atoms with Crippen LogP contribution in [0.25, 0.3) is 50.4 Å². The van der Waals surface area contributed by atoms with Gasteiger partial charge in [0.05, 0.1) is 74.2 Å². The van der Waals surface area contributed by atoms with Gasteiger partial charge in [-0.05, 0) is 195 Å². The number of rotatable bonds is 9. The Hall–Kier alpha value is -10.9. The highest BCUT2D eigenvalue weighted by molar-refractivity contribution is 14.1. The van der Waals surface area contributed by atoms with Gasteiger partial charge in [0.15, 0.2) is 40.6 Å². The third-order valence-corrected chi connectivity index (χ3v) is 29.7. The van der Waals surface area contributed by atoms with Crippen LogP contribution in [0.1, 0.15) is 194 Å². The third-order valence-electron chi connectivity index (χ3n) is 28.7. The van der Waals surface area contributed by atoms with E-state index in [9.17, 15) is 24.0 Å². The molecule has 123 heavy (non-hydrogen) atoms. The summed E-state index contributed by atoms with van der Waals surface area (Å²) in [4.78, 5) is 129. The summed E-state index contributed by atoms with van der Waals surface area (Å²) in [6.45, 7) is 28.5. The summed E-state index contributed by atoms with van der Waals surface area (Å²) in [5.41, 5.74) is 12.4. The van der Waals surface area contributed by atoms with Crippen molar-refractivity contribution in [1.29, 1.82) is 0 Å². The lowest BCUT2D eigenvalue weighted by Crippen LogP contribution is -2.47. The summed E-state index contributed by atoms with van der Waals surface area (Å²) in [5.74, 6) is 7.87. The number of nitrogens with zero attached hydrogens (tertiary/aromatic N) is 15. The summed E-state index contributed by atoms with van der Waals surface area (Å²) in [6.07, 6.45) is 33.3. The molecule has 0 saturated heterocycles. The molecule has 0 aromatic carbocycles. The first kappa shape index (κ1) is 83.0. The van der Waals surface area contributed by atoms with Crippen molar-refractivity contribution in [2.75, 3.05) is 35.5 Å². The molecule has 10 aliphatic carbocycles. The van der Waals surface area contributed by atoms with Gasteiger partial charge >= 0.3 is 0 Å². The van der Waals surface area contributed by atoms with Crippen molar-refractivity contribution in [3.05, 3.63) is 205 Å². The number of allylic oxidation sites excluding steroid dienone is 6. The molecule has 19 rings (SSSR count). The summed E-state index contributed by atoms with van der Waals surface area (Å²) in [5, 5.41) is 0.229. The van der Waals surface area contributed by atoms with Gasteiger partial charge in [0, 0.05) is 179 Å². The number of ketones is 5. The minimum absolute atomic E-state index is 0. The molecule has 25 nitrogen and oxygen atoms in total. The molecule has 0 spiro atoms. The highest BCUT2D eigenvalue weighted by Gasteiger charge is 2.55. The predicted octanol–water partition coefficient (Wildman–Crippen LogP) is 17.7. The SMILES string of the molecule is COc1nc(-c2cccnc2)nc2c1CC[C@@H]1[C@@H](C)C(=O)C(I)=C[C@@]21C.COc1nc(-c2cccnc2)nc2c1CC[C@@H]1[C@@H](C)C(=O)C=C[C@@]21C.COc1nc(-c2cccnc2)nc2c1CC[C@@H]1[C@@H](C)C(=O)CC[C@@]21C.COc1nc(Cl)nc2c1CC[C@@H]1[C@@H](C)C(=O)CC[C@@]21C.[3HH].[3H][3H].[3H][3H].[3H][3H].[C-]#[N+]C1=C[C@@]2(C)c3nc(-c4cccnc4)nc(OC)c3CC[C@@H]2[C@@H](C)C1=O. The molecule has 27 heteroatoms. The zero-order chi connectivity index (χ0) is 93.4. The van der Waals surface area contributed by atoms with Crippen LogP contribution in [0.2, 0.25) is 5.28 Å². The fourth-order valence-electron chi connectivity index (χ4n) is 21.9. The first-order valence-electron chi connectivity index (χ1n) is 45.4. The Morgan fingerprint density at radius 3 is 1.11 bits per heavy atom. The molecule has 9 aromatic rings. The number of aromatic nitrogens is 14. The average molecular weight is 1810 g/mol. The predicted molar refractivity (Wildman–Crippen MR) is 480 cm³/mol. The Morgan fingerprint density at radius 2 is 0.740 bits per heavy atom. The number of hydrogen-bond donors (Lipinski definition) is 0. The molecule has 10 aliphatic rings. The quantitative estimate of drug-likeness (QED) is 0.0736. The van der Waals surface area contributed by atoms with Gasteiger partial charge in [-0.2, -0.15) is 24.9 Å². The monoisotopic (exact) mass is 1810 g/mol. The van der Waals surface area contributed by atoms with Gasteiger partial charge in [0.1, 0.15) is 11.6 Å². The minimum Gasteiger partial charge on any atom is -0.481 e. The number of Topliss-reactive ketones (excluding diaryl/α,β-unsaturated/α-hetero) is 4. The van der Waals surface area contributed by atoms with E-state index in [0.717, 1.165) is 159 Å². The van der Waals surface area contributed by atoms with Crippen LogP contribution in [0.4, 0.5) is 0 Å². The number of carbonyl (C=O) groups is 5. The smallest absolute Gasteiger partial charge is 0.226 e. The first-order chi connectivity index (χ1) is 62.0. The van der Waals surface area contributed by atoms with Crippen LogP contribution in [0.3, 0.4) is 0 Å². The molecule has 0 amide bonds. The van der Waals surface area contributed by atoms with Crippen LogP contribution in [0.5, 0.6) is 29.4 Å². The van der Waals surface area contributed by atoms with Crippen LogP contribution in [0, 0.1) is 65.8 Å². The number of ether oxygens (including phenoxy) is 5. The molecule has 9 aromatic heterocycles. The Balaban J connectivity index is 0.000000155. The third kappa shape index (κ3) is 15.7. The number of halogens is 2. The number of fused-ring (bicyclic) bond motifs is 15. The van der Waals surface area contributed by atoms with E-state index in [-0.39, 0.29) is 98.8 Å². The maximum Gasteiger partial charge on any atom is 0.226 e. The van der Waals surface area contributed by atoms with Crippen molar-refractivity contribution in [2.24, 2.45) is 59.2 Å². The minimum atomic E-state index is -0.506. The Bertz CT molecular complexity index is 5820. The summed E-state index contributed by atoms with van der Waals surface area (Å²) < 4.78 is 58.5. The lowest BCUT2D eigenvalue weighted by atomic mass is 9.56. The molecule has 0 bridgehead atoms. The molecule has 9 heterocycles. The van der Waals surface area contributed by atoms with Crippen molar-refractivity contribution in [2.45, 2.75) is 186 Å². The fraction of sp³-hybridized carbons (Fsp3) is 0.458. The van der Waals surface area contributed by atoms with Gasteiger partial charge in [-0.3, -0.25) is 39.1 Å². The second-order valence-electron chi connectivity index (χ2n) is 35.2. The van der Waals surface area contributed by atoms with Crippen molar-refractivity contribution in [3.8, 4) is 75.0 Å². The number of pyridine rings is 4. The lowest BCUT2D eigenvalue weighted by Gasteiger charge is -2.47. The molecule has 0 radical (unpaired) electrons. The van der Waals surface area contributed by atoms with E-state index in [1.807, 2.05) is 81.5 Å². The summed E-state index contributed by atoms with van der Waals surface area (Å²) in [6, 6.07) is 15.2. The topological polar surface area (TPSA) is 316 Å². The Kier molecular flexibility index (Phi) is 23.6. The molecular weight excluding hydrogens is 1690 g/mol. The van der Waals surface area contributed by atoms with Crippen molar-refractivity contribution >= 4 is 63.1 Å². The first-order valence-corrected chi connectivity index (χ1v) is 43.9. The van der Waals surface area contributed by atoms with E-state index < -0.39 is 5.41 Å². The van der Waals surface area contributed by atoms with E-state index in [1.54, 1.807) is 91.2 Å². The van der Waals surface area contributed by atoms with Crippen molar-refractivity contribution < 1.29 is 58.0 Å². The Morgan fingerprint density at radius 1 is 0.415 bits per heavy atom. The zero-order valence-corrected chi connectivity index (χ0v) is 75.2. The van der Waals surface area contributed by atoms with Gasteiger partial charge < -0.3 is 28.5 Å². The van der Waals surface area contributed by atoms with Crippen LogP contribution in [-0.2, 0) is 83.2 Å². The maximum atomic E-state index is 12.5. The molecule has 15 atom stereocenters. The lowest BCUT2D eigenvalue weighted by molar-refractivity contribution is -0.129. The van der Waals surface area contributed by atoms with E-state index in [4.69, 9.17) is 70.7 Å². The molecule has 644 valence electrons. The van der Waals surface area contributed by atoms with E-state index in [1.165, 1.54) is 0 Å². The van der Waals surface area contributed by atoms with Crippen LogP contribution in [-0.4, -0.2) is 134 Å². The zero-order valence-electron chi connectivity index (χ0n) is 78.3. The van der Waals surface area contributed by atoms with Crippen LogP contribution >= 0.6 is 34.2 Å². The average Bonchev–Trinajstić information content (AvgIpc) is 0.776. The van der Waals surface area contributed by atoms with Gasteiger partial charge in [-0.1, -0.05) is 87.5 Å². The van der Waals surface area contributed by atoms with E-state index in [0.29, 0.717) is 88.9 Å². The van der Waals surface area contributed by atoms with Gasteiger partial charge in [-0.15, -0.1) is 0 Å². The van der Waals surface area contributed by atoms with Gasteiger partial charge in [-0.25, -0.2) is 29.8 Å². The second-order valence-corrected chi connectivity index (χ2v) is 36.7. The largest absolute Gasteiger partial charge is 0.481 e. The maximum absolute atomic E-state index is 12.5. The van der Waals surface area contributed by atoms with Gasteiger partial charge in [0.25, 0.3) is 0 Å². The summed E-state index contributed by atoms with van der Waals surface area (Å²) >= 11 is 8.21. The highest BCUT2D eigenvalue weighted by Crippen LogP contribution is 2.57. The van der Waals surface area contributed by atoms with Crippen LogP contribution < -0.4 is 23.7 Å². The van der Waals surface area contributed by atoms with Gasteiger partial charge in [0.2, 0.25) is 40.4 Å². The standard InChI is InChI=1S/C21H20N4O2.C20H20IN3O2.C20H23N3O2.C20H21N3O2.C15H19ClN2O2.4H2/c1-12-15-8-7-14-18(21(15,2)10-16(22-3)17(12)26)24-19(25-20(14)27-4)13-6-5-9-23-11-13;1-11-14-7-6-13-17(20(14,2)9-15(21)16(11)25)23-18(24-19(13)26-3)12-5-4-8-22-10-12;2*1-12-15-7-6-14-17(20(15,2)9-8-16(12)24)22-18(23-19(14)25-3)13-5-4-10-21-11-13;1-8-10-5-4-9-12(15(10,2)7-6-11(8)19)17-14(16)18-13(9)20-3;;;;/h5-6,9-12,15H,7-8H2,1-2,4H3;4-5,8-11,14H,6-7H2,1-3H3;4-5,10-12,15H,6-9H2,1-3H3;4-5,8-12,15H,6-7H2,1-3H3;8,10H,4-7H2,1-3H3;4*1H/t12-,15-,21-;11-,14-,20-;2*12-,15-,20-;8-,10-,15-;;;;/m11111..../s1/i;;;;;3*1+2T;1+2. The number of methoxy groups -OCH3 is 5. The normalized spacial score (nSPS) is 28.4. The second kappa shape index (κ2) is 35.0. The highest BCUT2D eigenvalue weighted by atomic mass is 127.